The van der Waals surface area contributed by atoms with Crippen molar-refractivity contribution in [2.75, 3.05) is 13.2 Å². The van der Waals surface area contributed by atoms with E-state index in [1.54, 1.807) is 0 Å². The second-order valence-electron chi connectivity index (χ2n) is 5.30. The fraction of sp³-hybridized carbons (Fsp3) is 0.917. The van der Waals surface area contributed by atoms with Crippen molar-refractivity contribution in [3.05, 3.63) is 0 Å². The van der Waals surface area contributed by atoms with E-state index in [4.69, 9.17) is 19.7 Å². The predicted octanol–water partition coefficient (Wildman–Crippen LogP) is -10.00. The van der Waals surface area contributed by atoms with Gasteiger partial charge in [-0.2, -0.15) is 0 Å². The number of aliphatic hydroxyl groups excluding tert-OH is 8. The second kappa shape index (κ2) is 11.0. The van der Waals surface area contributed by atoms with Gasteiger partial charge in [0.2, 0.25) is 0 Å². The zero-order valence-electron chi connectivity index (χ0n) is 13.3. The van der Waals surface area contributed by atoms with E-state index >= 15 is 0 Å². The van der Waals surface area contributed by atoms with Gasteiger partial charge in [-0.25, -0.2) is 0 Å². The van der Waals surface area contributed by atoms with Gasteiger partial charge >= 0.3 is 29.6 Å². The molecule has 0 unspecified atom stereocenters. The monoisotopic (exact) mass is 380 g/mol. The van der Waals surface area contributed by atoms with Crippen LogP contribution >= 0.6 is 0 Å². The SMILES string of the molecule is O=C([O-])[C@H](O)[C@@H](O)[C@H](O[C@H]1O[C@H](CO)[C@@H](O)[C@H](O)[C@H]1O)[C@H](O)CO.[Na+]. The molecule has 1 aliphatic heterocycles. The Hall–Kier alpha value is 0.0700. The van der Waals surface area contributed by atoms with Gasteiger partial charge in [0.15, 0.2) is 6.29 Å². The van der Waals surface area contributed by atoms with Gasteiger partial charge in [-0.1, -0.05) is 0 Å². The van der Waals surface area contributed by atoms with Gasteiger partial charge in [0.1, 0.15) is 48.8 Å². The van der Waals surface area contributed by atoms with Crippen molar-refractivity contribution in [1.29, 1.82) is 0 Å². The molecule has 0 saturated carbocycles. The number of ether oxygens (including phenoxy) is 2. The van der Waals surface area contributed by atoms with Gasteiger partial charge in [-0.05, 0) is 0 Å². The standard InChI is InChI=1S/C12H22O12.Na/c13-1-3(15)10(7(18)8(19)11(21)22)24-12-9(20)6(17)5(16)4(2-14)23-12;/h3-10,12-20H,1-2H2,(H,21,22);/q;+1/p-1/t3-,4-,5-,6+,7-,8-,9-,10-,12-;/m1./s1. The number of carboxylic acids is 1. The Balaban J connectivity index is 0.00000576. The molecular formula is C12H21NaO12. The average molecular weight is 380 g/mol. The fourth-order valence-corrected chi connectivity index (χ4v) is 2.16. The Morgan fingerprint density at radius 1 is 1.08 bits per heavy atom. The van der Waals surface area contributed by atoms with E-state index in [0.29, 0.717) is 0 Å². The first kappa shape index (κ1) is 25.1. The third kappa shape index (κ3) is 6.04. The summed E-state index contributed by atoms with van der Waals surface area (Å²) >= 11 is 0. The minimum Gasteiger partial charge on any atom is -0.547 e. The first-order chi connectivity index (χ1) is 11.1. The summed E-state index contributed by atoms with van der Waals surface area (Å²) in [6.45, 7) is -1.79. The third-order valence-electron chi connectivity index (χ3n) is 3.61. The Kier molecular flexibility index (Phi) is 11.1. The van der Waals surface area contributed by atoms with Crippen molar-refractivity contribution in [2.45, 2.75) is 55.1 Å². The molecule has 0 aliphatic carbocycles. The second-order valence-corrected chi connectivity index (χ2v) is 5.30. The predicted molar refractivity (Wildman–Crippen MR) is 68.8 cm³/mol. The van der Waals surface area contributed by atoms with Crippen molar-refractivity contribution in [2.24, 2.45) is 0 Å². The number of aliphatic carboxylic acids is 1. The summed E-state index contributed by atoms with van der Waals surface area (Å²) < 4.78 is 9.94. The van der Waals surface area contributed by atoms with Crippen LogP contribution in [0.4, 0.5) is 0 Å². The van der Waals surface area contributed by atoms with E-state index in [0.717, 1.165) is 0 Å². The molecule has 0 aromatic carbocycles. The Morgan fingerprint density at radius 3 is 2.08 bits per heavy atom. The van der Waals surface area contributed by atoms with Gasteiger partial charge in [-0.3, -0.25) is 0 Å². The number of hydrogen-bond acceptors (Lipinski definition) is 12. The summed E-state index contributed by atoms with van der Waals surface area (Å²) in [5.74, 6) is -2.09. The third-order valence-corrected chi connectivity index (χ3v) is 3.61. The smallest absolute Gasteiger partial charge is 0.547 e. The number of hydrogen-bond donors (Lipinski definition) is 8. The Morgan fingerprint density at radius 2 is 1.64 bits per heavy atom. The largest absolute Gasteiger partial charge is 1.00 e. The molecule has 0 radical (unpaired) electrons. The summed E-state index contributed by atoms with van der Waals surface area (Å²) in [4.78, 5) is 10.6. The van der Waals surface area contributed by atoms with Gasteiger partial charge in [0, 0.05) is 0 Å². The normalized spacial score (nSPS) is 34.5. The maximum Gasteiger partial charge on any atom is 1.00 e. The molecule has 0 amide bonds. The summed E-state index contributed by atoms with van der Waals surface area (Å²) in [6, 6.07) is 0. The molecule has 0 aromatic heterocycles. The fourth-order valence-electron chi connectivity index (χ4n) is 2.16. The van der Waals surface area contributed by atoms with Gasteiger partial charge in [0.25, 0.3) is 0 Å². The molecule has 12 nitrogen and oxygen atoms in total. The van der Waals surface area contributed by atoms with Gasteiger partial charge in [0.05, 0.1) is 19.2 Å². The molecule has 1 saturated heterocycles. The van der Waals surface area contributed by atoms with Crippen LogP contribution in [-0.4, -0.2) is 115 Å². The van der Waals surface area contributed by atoms with Crippen LogP contribution in [0.5, 0.6) is 0 Å². The zero-order valence-corrected chi connectivity index (χ0v) is 15.3. The molecule has 1 rings (SSSR count). The van der Waals surface area contributed by atoms with E-state index in [-0.39, 0.29) is 29.6 Å². The topological polar surface area (TPSA) is 220 Å². The summed E-state index contributed by atoms with van der Waals surface area (Å²) in [7, 11) is 0. The summed E-state index contributed by atoms with van der Waals surface area (Å²) in [5, 5.41) is 86.3. The molecule has 8 N–H and O–H groups in total. The molecule has 0 aromatic rings. The van der Waals surface area contributed by atoms with Gasteiger partial charge < -0.3 is 60.2 Å². The molecule has 25 heavy (non-hydrogen) atoms. The van der Waals surface area contributed by atoms with Crippen LogP contribution in [0.15, 0.2) is 0 Å². The first-order valence-corrected chi connectivity index (χ1v) is 6.97. The molecule has 13 heteroatoms. The van der Waals surface area contributed by atoms with Crippen LogP contribution in [0.3, 0.4) is 0 Å². The van der Waals surface area contributed by atoms with Crippen molar-refractivity contribution in [1.82, 2.24) is 0 Å². The van der Waals surface area contributed by atoms with Gasteiger partial charge in [-0.15, -0.1) is 0 Å². The minimum atomic E-state index is -2.50. The molecule has 9 atom stereocenters. The first-order valence-electron chi connectivity index (χ1n) is 6.97. The van der Waals surface area contributed by atoms with E-state index in [9.17, 15) is 40.5 Å². The zero-order chi connectivity index (χ0) is 18.6. The Labute approximate surface area is 164 Å². The van der Waals surface area contributed by atoms with E-state index in [1.807, 2.05) is 0 Å². The maximum absolute atomic E-state index is 10.6. The summed E-state index contributed by atoms with van der Waals surface area (Å²) in [5.41, 5.74) is 0. The molecule has 1 fully saturated rings. The van der Waals surface area contributed by atoms with Crippen LogP contribution < -0.4 is 34.7 Å². The molecule has 142 valence electrons. The van der Waals surface area contributed by atoms with E-state index in [2.05, 4.69) is 0 Å². The van der Waals surface area contributed by atoms with Crippen LogP contribution in [0.25, 0.3) is 0 Å². The number of carbonyl (C=O) groups excluding carboxylic acids is 1. The summed E-state index contributed by atoms with van der Waals surface area (Å²) in [6.07, 6.45) is -17.3. The van der Waals surface area contributed by atoms with Crippen molar-refractivity contribution in [3.8, 4) is 0 Å². The van der Waals surface area contributed by atoms with Crippen LogP contribution in [0, 0.1) is 0 Å². The van der Waals surface area contributed by atoms with Crippen molar-refractivity contribution < 1.29 is 89.8 Å². The van der Waals surface area contributed by atoms with Crippen LogP contribution in [-0.2, 0) is 14.3 Å². The maximum atomic E-state index is 10.6. The van der Waals surface area contributed by atoms with E-state index < -0.39 is 74.3 Å². The Bertz CT molecular complexity index is 410. The number of carboxylic acid groups (broad SMARTS) is 1. The quantitative estimate of drug-likeness (QED) is 0.184. The number of carbonyl (C=O) groups is 1. The number of aliphatic hydroxyl groups is 8. The van der Waals surface area contributed by atoms with Crippen molar-refractivity contribution in [3.63, 3.8) is 0 Å². The molecule has 0 bridgehead atoms. The molecular weight excluding hydrogens is 359 g/mol. The minimum absolute atomic E-state index is 0. The van der Waals surface area contributed by atoms with Crippen molar-refractivity contribution >= 4 is 5.97 Å². The molecule has 1 heterocycles. The average Bonchev–Trinajstić information content (AvgIpc) is 2.57. The van der Waals surface area contributed by atoms with Crippen LogP contribution in [0.2, 0.25) is 0 Å². The van der Waals surface area contributed by atoms with E-state index in [1.165, 1.54) is 0 Å². The number of rotatable bonds is 8. The molecule has 1 aliphatic rings. The van der Waals surface area contributed by atoms with Crippen LogP contribution in [0.1, 0.15) is 0 Å². The molecule has 0 spiro atoms.